The van der Waals surface area contributed by atoms with Crippen molar-refractivity contribution < 1.29 is 0 Å². The van der Waals surface area contributed by atoms with Crippen LogP contribution in [0.4, 0.5) is 17.3 Å². The highest BCUT2D eigenvalue weighted by molar-refractivity contribution is 14.1. The van der Waals surface area contributed by atoms with Crippen LogP contribution in [-0.4, -0.2) is 17.0 Å². The maximum Gasteiger partial charge on any atom is 0.136 e. The highest BCUT2D eigenvalue weighted by Gasteiger charge is 2.04. The zero-order valence-electron chi connectivity index (χ0n) is 10.4. The van der Waals surface area contributed by atoms with E-state index in [1.54, 1.807) is 0 Å². The van der Waals surface area contributed by atoms with Gasteiger partial charge in [0.05, 0.1) is 5.69 Å². The quantitative estimate of drug-likeness (QED) is 0.826. The molecule has 1 aromatic heterocycles. The van der Waals surface area contributed by atoms with Crippen molar-refractivity contribution in [2.45, 2.75) is 13.3 Å². The van der Waals surface area contributed by atoms with Crippen LogP contribution < -0.4 is 10.6 Å². The van der Waals surface area contributed by atoms with Gasteiger partial charge in [-0.25, -0.2) is 9.97 Å². The molecule has 1 aromatic carbocycles. The Kier molecular flexibility index (Phi) is 4.35. The van der Waals surface area contributed by atoms with Crippen LogP contribution in [0.25, 0.3) is 0 Å². The fourth-order valence-corrected chi connectivity index (χ4v) is 2.07. The molecule has 4 nitrogen and oxygen atoms in total. The number of nitrogens with one attached hydrogen (secondary N) is 2. The lowest BCUT2D eigenvalue weighted by atomic mass is 10.3. The minimum Gasteiger partial charge on any atom is -0.373 e. The van der Waals surface area contributed by atoms with Gasteiger partial charge in [-0.2, -0.15) is 0 Å². The van der Waals surface area contributed by atoms with E-state index in [1.807, 2.05) is 38.2 Å². The summed E-state index contributed by atoms with van der Waals surface area (Å²) in [4.78, 5) is 8.84. The molecule has 0 saturated heterocycles. The minimum atomic E-state index is 0.815. The van der Waals surface area contributed by atoms with Crippen molar-refractivity contribution in [2.75, 3.05) is 17.7 Å². The van der Waals surface area contributed by atoms with Gasteiger partial charge in [0.15, 0.2) is 0 Å². The van der Waals surface area contributed by atoms with Crippen molar-refractivity contribution in [2.24, 2.45) is 0 Å². The molecule has 1 heterocycles. The van der Waals surface area contributed by atoms with Crippen LogP contribution in [0.3, 0.4) is 0 Å². The molecule has 0 bridgehead atoms. The summed E-state index contributed by atoms with van der Waals surface area (Å²) >= 11 is 2.30. The third-order valence-corrected chi connectivity index (χ3v) is 3.42. The van der Waals surface area contributed by atoms with Gasteiger partial charge >= 0.3 is 0 Å². The van der Waals surface area contributed by atoms with Crippen LogP contribution in [0.5, 0.6) is 0 Å². The summed E-state index contributed by atoms with van der Waals surface area (Å²) in [6.07, 6.45) is 0.816. The lowest BCUT2D eigenvalue weighted by Crippen LogP contribution is -2.03. The average Bonchev–Trinajstić information content (AvgIpc) is 2.41. The van der Waals surface area contributed by atoms with Gasteiger partial charge in [-0.05, 0) is 34.7 Å². The van der Waals surface area contributed by atoms with Gasteiger partial charge in [0, 0.05) is 23.1 Å². The molecule has 18 heavy (non-hydrogen) atoms. The molecule has 2 aromatic rings. The first-order chi connectivity index (χ1) is 8.72. The molecule has 0 spiro atoms. The number of hydrogen-bond acceptors (Lipinski definition) is 4. The molecule has 5 heteroatoms. The summed E-state index contributed by atoms with van der Waals surface area (Å²) in [6.45, 7) is 2.05. The van der Waals surface area contributed by atoms with E-state index in [-0.39, 0.29) is 0 Å². The fourth-order valence-electron chi connectivity index (χ4n) is 1.55. The van der Waals surface area contributed by atoms with Crippen molar-refractivity contribution in [3.05, 3.63) is 39.7 Å². The molecule has 0 unspecified atom stereocenters. The molecule has 0 amide bonds. The van der Waals surface area contributed by atoms with Crippen molar-refractivity contribution in [1.82, 2.24) is 9.97 Å². The predicted octanol–water partition coefficient (Wildman–Crippen LogP) is 3.43. The Morgan fingerprint density at radius 1 is 1.17 bits per heavy atom. The molecule has 2 rings (SSSR count). The molecule has 0 aliphatic heterocycles. The smallest absolute Gasteiger partial charge is 0.136 e. The normalized spacial score (nSPS) is 10.2. The Labute approximate surface area is 120 Å². The average molecular weight is 354 g/mol. The van der Waals surface area contributed by atoms with Gasteiger partial charge < -0.3 is 10.6 Å². The van der Waals surface area contributed by atoms with E-state index in [0.717, 1.165) is 33.1 Å². The zero-order valence-corrected chi connectivity index (χ0v) is 12.5. The van der Waals surface area contributed by atoms with Crippen molar-refractivity contribution in [3.63, 3.8) is 0 Å². The number of para-hydroxylation sites is 1. The third kappa shape index (κ3) is 3.10. The number of benzene rings is 1. The Balaban J connectivity index is 2.31. The van der Waals surface area contributed by atoms with Crippen LogP contribution >= 0.6 is 22.6 Å². The molecular formula is C13H15IN4. The number of anilines is 3. The highest BCUT2D eigenvalue weighted by Crippen LogP contribution is 2.22. The predicted molar refractivity (Wildman–Crippen MR) is 83.4 cm³/mol. The van der Waals surface area contributed by atoms with Crippen LogP contribution in [0, 0.1) is 3.57 Å². The zero-order chi connectivity index (χ0) is 13.0. The van der Waals surface area contributed by atoms with Gasteiger partial charge in [0.25, 0.3) is 0 Å². The summed E-state index contributed by atoms with van der Waals surface area (Å²) in [7, 11) is 1.86. The summed E-state index contributed by atoms with van der Waals surface area (Å²) in [5.41, 5.74) is 1.06. The van der Waals surface area contributed by atoms with Crippen molar-refractivity contribution in [1.29, 1.82) is 0 Å². The third-order valence-electron chi connectivity index (χ3n) is 2.48. The van der Waals surface area contributed by atoms with Gasteiger partial charge in [0.2, 0.25) is 0 Å². The topological polar surface area (TPSA) is 49.8 Å². The first-order valence-corrected chi connectivity index (χ1v) is 6.88. The lowest BCUT2D eigenvalue weighted by molar-refractivity contribution is 0.944. The van der Waals surface area contributed by atoms with Crippen LogP contribution in [-0.2, 0) is 6.42 Å². The van der Waals surface area contributed by atoms with E-state index in [2.05, 4.69) is 49.3 Å². The van der Waals surface area contributed by atoms with Gasteiger partial charge in [-0.15, -0.1) is 0 Å². The lowest BCUT2D eigenvalue weighted by Gasteiger charge is -2.10. The summed E-state index contributed by atoms with van der Waals surface area (Å²) < 4.78 is 1.16. The second-order valence-corrected chi connectivity index (χ2v) is 4.93. The molecule has 0 saturated carbocycles. The number of nitrogens with zero attached hydrogens (tertiary/aromatic N) is 2. The second kappa shape index (κ2) is 5.99. The number of aryl methyl sites for hydroxylation is 1. The van der Waals surface area contributed by atoms with Gasteiger partial charge in [-0.1, -0.05) is 19.1 Å². The van der Waals surface area contributed by atoms with E-state index in [9.17, 15) is 0 Å². The monoisotopic (exact) mass is 354 g/mol. The Morgan fingerprint density at radius 3 is 2.56 bits per heavy atom. The molecule has 0 radical (unpaired) electrons. The molecule has 0 aliphatic rings. The standard InChI is InChI=1S/C13H15IN4/c1-3-11-17-12(15-2)8-13(18-11)16-10-7-5-4-6-9(10)14/h4-8H,3H2,1-2H3,(H2,15,16,17,18). The number of aromatic nitrogens is 2. The molecule has 94 valence electrons. The number of halogens is 1. The van der Waals surface area contributed by atoms with Crippen LogP contribution in [0.15, 0.2) is 30.3 Å². The summed E-state index contributed by atoms with van der Waals surface area (Å²) in [5.74, 6) is 2.47. The first kappa shape index (κ1) is 13.1. The van der Waals surface area contributed by atoms with E-state index >= 15 is 0 Å². The molecule has 0 fully saturated rings. The first-order valence-electron chi connectivity index (χ1n) is 5.80. The van der Waals surface area contributed by atoms with Crippen LogP contribution in [0.2, 0.25) is 0 Å². The summed E-state index contributed by atoms with van der Waals surface area (Å²) in [5, 5.41) is 6.37. The van der Waals surface area contributed by atoms with E-state index in [1.165, 1.54) is 0 Å². The number of rotatable bonds is 4. The maximum atomic E-state index is 4.47. The Morgan fingerprint density at radius 2 is 1.89 bits per heavy atom. The number of hydrogen-bond donors (Lipinski definition) is 2. The van der Waals surface area contributed by atoms with Crippen molar-refractivity contribution >= 4 is 39.9 Å². The van der Waals surface area contributed by atoms with E-state index in [4.69, 9.17) is 0 Å². The summed E-state index contributed by atoms with van der Waals surface area (Å²) in [6, 6.07) is 10.0. The Hall–Kier alpha value is -1.37. The van der Waals surface area contributed by atoms with Gasteiger partial charge in [0.1, 0.15) is 17.5 Å². The minimum absolute atomic E-state index is 0.815. The van der Waals surface area contributed by atoms with E-state index in [0.29, 0.717) is 0 Å². The Bertz CT molecular complexity index is 520. The molecule has 0 aliphatic carbocycles. The van der Waals surface area contributed by atoms with E-state index < -0.39 is 0 Å². The van der Waals surface area contributed by atoms with Gasteiger partial charge in [-0.3, -0.25) is 0 Å². The van der Waals surface area contributed by atoms with Crippen LogP contribution in [0.1, 0.15) is 12.7 Å². The fraction of sp³-hybridized carbons (Fsp3) is 0.231. The molecular weight excluding hydrogens is 339 g/mol. The molecule has 0 atom stereocenters. The molecule has 2 N–H and O–H groups in total. The SMILES string of the molecule is CCc1nc(NC)cc(Nc2ccccc2I)n1. The van der Waals surface area contributed by atoms with Crippen molar-refractivity contribution in [3.8, 4) is 0 Å². The second-order valence-electron chi connectivity index (χ2n) is 3.76. The highest BCUT2D eigenvalue weighted by atomic mass is 127. The maximum absolute atomic E-state index is 4.47. The largest absolute Gasteiger partial charge is 0.373 e.